The van der Waals surface area contributed by atoms with Crippen molar-refractivity contribution in [3.8, 4) is 0 Å². The Morgan fingerprint density at radius 1 is 0.867 bits per heavy atom. The first-order valence-corrected chi connectivity index (χ1v) is 13.6. The minimum absolute atomic E-state index is 0.0187. The summed E-state index contributed by atoms with van der Waals surface area (Å²) in [6.07, 6.45) is 18.5. The van der Waals surface area contributed by atoms with E-state index < -0.39 is 0 Å². The van der Waals surface area contributed by atoms with E-state index in [1.807, 2.05) is 0 Å². The fraction of sp³-hybridized carbons (Fsp3) is 0.931. The van der Waals surface area contributed by atoms with Gasteiger partial charge in [-0.15, -0.1) is 0 Å². The highest BCUT2D eigenvalue weighted by atomic mass is 16.3. The van der Waals surface area contributed by atoms with Crippen LogP contribution in [0.2, 0.25) is 0 Å². The van der Waals surface area contributed by atoms with Crippen molar-refractivity contribution in [2.75, 3.05) is 0 Å². The predicted octanol–water partition coefficient (Wildman–Crippen LogP) is 7.88. The molecule has 0 amide bonds. The molecule has 0 aromatic heterocycles. The summed E-state index contributed by atoms with van der Waals surface area (Å²) >= 11 is 0. The third-order valence-corrected chi connectivity index (χ3v) is 11.3. The number of hydrogen-bond acceptors (Lipinski definition) is 1. The highest BCUT2D eigenvalue weighted by Gasteiger charge is 2.60. The molecule has 1 N–H and O–H groups in total. The summed E-state index contributed by atoms with van der Waals surface area (Å²) < 4.78 is 0. The van der Waals surface area contributed by atoms with E-state index in [0.717, 1.165) is 60.2 Å². The zero-order valence-corrected chi connectivity index (χ0v) is 20.9. The molecule has 10 atom stereocenters. The van der Waals surface area contributed by atoms with Crippen LogP contribution in [0.4, 0.5) is 0 Å². The van der Waals surface area contributed by atoms with Crippen LogP contribution in [0, 0.1) is 58.2 Å². The van der Waals surface area contributed by atoms with Crippen molar-refractivity contribution in [2.45, 2.75) is 112 Å². The second-order valence-electron chi connectivity index (χ2n) is 12.9. The van der Waals surface area contributed by atoms with Gasteiger partial charge in [-0.25, -0.2) is 0 Å². The monoisotopic (exact) mass is 414 g/mol. The van der Waals surface area contributed by atoms with Gasteiger partial charge in [-0.2, -0.15) is 0 Å². The van der Waals surface area contributed by atoms with Crippen molar-refractivity contribution in [3.63, 3.8) is 0 Å². The maximum absolute atomic E-state index is 10.3. The molecule has 0 heterocycles. The van der Waals surface area contributed by atoms with Gasteiger partial charge in [0.15, 0.2) is 0 Å². The Labute approximate surface area is 187 Å². The molecule has 0 radical (unpaired) electrons. The minimum Gasteiger partial charge on any atom is -0.393 e. The molecule has 0 aromatic carbocycles. The molecule has 1 unspecified atom stereocenters. The summed E-state index contributed by atoms with van der Waals surface area (Å²) in [5, 5.41) is 10.3. The van der Waals surface area contributed by atoms with Gasteiger partial charge in [0, 0.05) is 0 Å². The van der Waals surface area contributed by atoms with Crippen LogP contribution in [0.3, 0.4) is 0 Å². The lowest BCUT2D eigenvalue weighted by Crippen LogP contribution is -2.54. The minimum atomic E-state index is -0.0187. The number of aliphatic hydroxyl groups is 1. The van der Waals surface area contributed by atoms with Crippen LogP contribution in [-0.2, 0) is 0 Å². The average molecular weight is 415 g/mol. The lowest BCUT2D eigenvalue weighted by atomic mass is 9.44. The van der Waals surface area contributed by atoms with Crippen LogP contribution in [0.15, 0.2) is 12.2 Å². The third-order valence-electron chi connectivity index (χ3n) is 11.3. The molecule has 0 aromatic rings. The summed E-state index contributed by atoms with van der Waals surface area (Å²) in [6, 6.07) is 0. The van der Waals surface area contributed by atoms with Crippen molar-refractivity contribution in [3.05, 3.63) is 12.2 Å². The van der Waals surface area contributed by atoms with Crippen LogP contribution < -0.4 is 0 Å². The first-order valence-electron chi connectivity index (χ1n) is 13.6. The molecule has 4 aliphatic carbocycles. The molecule has 0 aliphatic heterocycles. The number of rotatable bonds is 5. The van der Waals surface area contributed by atoms with Gasteiger partial charge < -0.3 is 5.11 Å². The molecule has 1 heteroatoms. The molecule has 0 saturated heterocycles. The van der Waals surface area contributed by atoms with Gasteiger partial charge in [0.1, 0.15) is 0 Å². The molecule has 0 bridgehead atoms. The largest absolute Gasteiger partial charge is 0.393 e. The Bertz CT molecular complexity index is 622. The first-order chi connectivity index (χ1) is 14.2. The van der Waals surface area contributed by atoms with Crippen molar-refractivity contribution in [2.24, 2.45) is 58.2 Å². The Morgan fingerprint density at radius 2 is 1.57 bits per heavy atom. The Kier molecular flexibility index (Phi) is 6.53. The van der Waals surface area contributed by atoms with Crippen LogP contribution in [-0.4, -0.2) is 11.2 Å². The quantitative estimate of drug-likeness (QED) is 0.454. The maximum Gasteiger partial charge on any atom is 0.0543 e. The number of fused-ring (bicyclic) bond motifs is 5. The van der Waals surface area contributed by atoms with Crippen LogP contribution in [0.25, 0.3) is 0 Å². The lowest BCUT2D eigenvalue weighted by molar-refractivity contribution is -0.128. The molecule has 30 heavy (non-hydrogen) atoms. The smallest absolute Gasteiger partial charge is 0.0543 e. The normalized spacial score (nSPS) is 48.3. The van der Waals surface area contributed by atoms with Gasteiger partial charge in [-0.3, -0.25) is 0 Å². The molecule has 4 fully saturated rings. The van der Waals surface area contributed by atoms with Gasteiger partial charge >= 0.3 is 0 Å². The van der Waals surface area contributed by atoms with Crippen LogP contribution >= 0.6 is 0 Å². The maximum atomic E-state index is 10.3. The van der Waals surface area contributed by atoms with E-state index in [0.29, 0.717) is 10.8 Å². The van der Waals surface area contributed by atoms with Gasteiger partial charge in [0.25, 0.3) is 0 Å². The summed E-state index contributed by atoms with van der Waals surface area (Å²) in [7, 11) is 0. The molecule has 4 aliphatic rings. The second-order valence-corrected chi connectivity index (χ2v) is 12.9. The van der Waals surface area contributed by atoms with E-state index in [-0.39, 0.29) is 6.10 Å². The molecule has 4 saturated carbocycles. The van der Waals surface area contributed by atoms with Gasteiger partial charge in [0.05, 0.1) is 6.10 Å². The highest BCUT2D eigenvalue weighted by molar-refractivity contribution is 5.11. The van der Waals surface area contributed by atoms with E-state index in [2.05, 4.69) is 53.7 Å². The van der Waals surface area contributed by atoms with Gasteiger partial charge in [-0.1, -0.05) is 53.7 Å². The van der Waals surface area contributed by atoms with Crippen molar-refractivity contribution in [1.82, 2.24) is 0 Å². The Balaban J connectivity index is 1.49. The SMILES string of the molecule is CC[C@@H](C=C[C@@H](C)[C@H]1CC[C@H]2[C@@H]3CCC4C[C@@H](O)CC[C@]4(C)[C@H]3CC[C@]12C)C(C)C. The molecular weight excluding hydrogens is 364 g/mol. The van der Waals surface area contributed by atoms with Gasteiger partial charge in [-0.05, 0) is 122 Å². The molecular formula is C29H50O. The Hall–Kier alpha value is -0.300. The first kappa shape index (κ1) is 22.9. The number of allylic oxidation sites excluding steroid dienone is 2. The standard InChI is InChI=1S/C29H50O/c1-7-21(19(2)3)9-8-20(4)25-12-13-26-24-11-10-22-18-23(30)14-16-28(22,5)27(24)15-17-29(25,26)6/h8-9,19-27,30H,7,10-18H2,1-6H3/t20-,21+,22?,23+,24+,25-,26+,27+,28+,29-/m1/s1. The average Bonchev–Trinajstić information content (AvgIpc) is 3.06. The van der Waals surface area contributed by atoms with Crippen molar-refractivity contribution >= 4 is 0 Å². The van der Waals surface area contributed by atoms with Crippen LogP contribution in [0.5, 0.6) is 0 Å². The fourth-order valence-corrected chi connectivity index (χ4v) is 9.42. The predicted molar refractivity (Wildman–Crippen MR) is 128 cm³/mol. The number of hydrogen-bond donors (Lipinski definition) is 1. The number of aliphatic hydroxyl groups excluding tert-OH is 1. The van der Waals surface area contributed by atoms with E-state index in [1.54, 1.807) is 0 Å². The van der Waals surface area contributed by atoms with E-state index in [9.17, 15) is 5.11 Å². The summed E-state index contributed by atoms with van der Waals surface area (Å²) in [4.78, 5) is 0. The van der Waals surface area contributed by atoms with Crippen molar-refractivity contribution in [1.29, 1.82) is 0 Å². The zero-order valence-electron chi connectivity index (χ0n) is 20.9. The zero-order chi connectivity index (χ0) is 21.7. The van der Waals surface area contributed by atoms with Gasteiger partial charge in [0.2, 0.25) is 0 Å². The molecule has 1 nitrogen and oxygen atoms in total. The van der Waals surface area contributed by atoms with Crippen LogP contribution in [0.1, 0.15) is 106 Å². The van der Waals surface area contributed by atoms with E-state index >= 15 is 0 Å². The third kappa shape index (κ3) is 3.74. The van der Waals surface area contributed by atoms with E-state index in [1.165, 1.54) is 51.4 Å². The summed E-state index contributed by atoms with van der Waals surface area (Å²) in [5.41, 5.74) is 1.07. The fourth-order valence-electron chi connectivity index (χ4n) is 9.42. The summed E-state index contributed by atoms with van der Waals surface area (Å²) in [5.74, 6) is 6.72. The van der Waals surface area contributed by atoms with Crippen molar-refractivity contribution < 1.29 is 5.11 Å². The molecule has 172 valence electrons. The molecule has 4 rings (SSSR count). The molecule has 0 spiro atoms. The lowest BCUT2D eigenvalue weighted by Gasteiger charge is -2.61. The second kappa shape index (κ2) is 8.57. The van der Waals surface area contributed by atoms with E-state index in [4.69, 9.17) is 0 Å². The summed E-state index contributed by atoms with van der Waals surface area (Å²) in [6.45, 7) is 14.9. The highest BCUT2D eigenvalue weighted by Crippen LogP contribution is 2.68. The Morgan fingerprint density at radius 3 is 2.27 bits per heavy atom. The topological polar surface area (TPSA) is 20.2 Å².